The van der Waals surface area contributed by atoms with E-state index in [-0.39, 0.29) is 0 Å². The van der Waals surface area contributed by atoms with E-state index >= 15 is 0 Å². The predicted octanol–water partition coefficient (Wildman–Crippen LogP) is 2.41. The summed E-state index contributed by atoms with van der Waals surface area (Å²) in [5.74, 6) is 1.45. The van der Waals surface area contributed by atoms with Crippen LogP contribution in [0.5, 0.6) is 5.75 Å². The molecule has 2 nitrogen and oxygen atoms in total. The van der Waals surface area contributed by atoms with Crippen LogP contribution in [0.15, 0.2) is 24.3 Å². The number of thioether (sulfide) groups is 1. The van der Waals surface area contributed by atoms with E-state index in [0.717, 1.165) is 12.3 Å². The monoisotopic (exact) mass is 211 g/mol. The molecule has 0 spiro atoms. The van der Waals surface area contributed by atoms with Crippen molar-refractivity contribution in [3.63, 3.8) is 0 Å². The van der Waals surface area contributed by atoms with Crippen LogP contribution in [-0.4, -0.2) is 23.7 Å². The van der Waals surface area contributed by atoms with Gasteiger partial charge in [0.05, 0.1) is 0 Å². The Morgan fingerprint density at radius 1 is 1.36 bits per heavy atom. The minimum Gasteiger partial charge on any atom is -0.508 e. The van der Waals surface area contributed by atoms with Crippen molar-refractivity contribution in [1.82, 2.24) is 5.32 Å². The largest absolute Gasteiger partial charge is 0.508 e. The maximum atomic E-state index is 9.13. The Morgan fingerprint density at radius 2 is 2.00 bits per heavy atom. The number of phenolic OH excluding ortho intramolecular Hbond substituents is 1. The molecule has 1 aromatic rings. The van der Waals surface area contributed by atoms with Gasteiger partial charge in [0, 0.05) is 18.3 Å². The Hall–Kier alpha value is -0.670. The van der Waals surface area contributed by atoms with Crippen LogP contribution in [0.4, 0.5) is 0 Å². The van der Waals surface area contributed by atoms with Gasteiger partial charge in [0.15, 0.2) is 0 Å². The van der Waals surface area contributed by atoms with E-state index in [2.05, 4.69) is 18.5 Å². The minimum atomic E-state index is 0.324. The molecule has 78 valence electrons. The third-order valence-corrected chi connectivity index (χ3v) is 2.76. The molecule has 0 aliphatic carbocycles. The van der Waals surface area contributed by atoms with Crippen LogP contribution in [0.25, 0.3) is 0 Å². The van der Waals surface area contributed by atoms with Crippen LogP contribution in [0.3, 0.4) is 0 Å². The molecule has 14 heavy (non-hydrogen) atoms. The smallest absolute Gasteiger partial charge is 0.115 e. The number of phenols is 1. The Labute approximate surface area is 89.7 Å². The van der Waals surface area contributed by atoms with Gasteiger partial charge in [-0.2, -0.15) is 11.8 Å². The van der Waals surface area contributed by atoms with Gasteiger partial charge in [0.2, 0.25) is 0 Å². The molecule has 0 aromatic heterocycles. The van der Waals surface area contributed by atoms with E-state index in [1.807, 2.05) is 23.9 Å². The maximum Gasteiger partial charge on any atom is 0.115 e. The van der Waals surface area contributed by atoms with Crippen LogP contribution >= 0.6 is 11.8 Å². The molecule has 0 bridgehead atoms. The molecular weight excluding hydrogens is 194 g/mol. The van der Waals surface area contributed by atoms with Gasteiger partial charge in [-0.05, 0) is 30.9 Å². The van der Waals surface area contributed by atoms with Crippen molar-refractivity contribution in [3.05, 3.63) is 29.8 Å². The maximum absolute atomic E-state index is 9.13. The lowest BCUT2D eigenvalue weighted by Crippen LogP contribution is -2.21. The third-order valence-electron chi connectivity index (χ3n) is 2.15. The van der Waals surface area contributed by atoms with Crippen molar-refractivity contribution in [2.75, 3.05) is 18.6 Å². The number of rotatable bonds is 5. The zero-order valence-electron chi connectivity index (χ0n) is 8.66. The van der Waals surface area contributed by atoms with Gasteiger partial charge in [-0.25, -0.2) is 0 Å². The van der Waals surface area contributed by atoms with Crippen LogP contribution in [0, 0.1) is 0 Å². The number of aromatic hydroxyl groups is 1. The number of hydrogen-bond acceptors (Lipinski definition) is 3. The molecule has 0 amide bonds. The van der Waals surface area contributed by atoms with Gasteiger partial charge in [-0.1, -0.05) is 12.1 Å². The summed E-state index contributed by atoms with van der Waals surface area (Å²) in [7, 11) is 0. The second-order valence-electron chi connectivity index (χ2n) is 3.26. The van der Waals surface area contributed by atoms with Gasteiger partial charge in [-0.15, -0.1) is 0 Å². The normalized spacial score (nSPS) is 12.7. The van der Waals surface area contributed by atoms with Gasteiger partial charge in [-0.3, -0.25) is 0 Å². The van der Waals surface area contributed by atoms with E-state index in [1.165, 1.54) is 5.56 Å². The van der Waals surface area contributed by atoms with E-state index < -0.39 is 0 Å². The molecule has 3 heteroatoms. The number of benzene rings is 1. The van der Waals surface area contributed by atoms with Gasteiger partial charge in [0.25, 0.3) is 0 Å². The van der Waals surface area contributed by atoms with E-state index in [9.17, 15) is 0 Å². The SMILES string of the molecule is CSCCNC(C)c1ccc(O)cc1. The molecule has 0 aliphatic rings. The van der Waals surface area contributed by atoms with Crippen LogP contribution in [-0.2, 0) is 0 Å². The highest BCUT2D eigenvalue weighted by Crippen LogP contribution is 2.15. The fourth-order valence-corrected chi connectivity index (χ4v) is 1.58. The summed E-state index contributed by atoms with van der Waals surface area (Å²) in [6, 6.07) is 7.70. The molecule has 1 unspecified atom stereocenters. The number of nitrogens with one attached hydrogen (secondary N) is 1. The molecule has 0 aliphatic heterocycles. The highest BCUT2D eigenvalue weighted by Gasteiger charge is 2.03. The van der Waals surface area contributed by atoms with E-state index in [0.29, 0.717) is 11.8 Å². The number of hydrogen-bond donors (Lipinski definition) is 2. The highest BCUT2D eigenvalue weighted by atomic mass is 32.2. The Morgan fingerprint density at radius 3 is 2.57 bits per heavy atom. The summed E-state index contributed by atoms with van der Waals surface area (Å²) in [5, 5.41) is 12.5. The molecule has 1 rings (SSSR count). The first-order valence-corrected chi connectivity index (χ1v) is 6.14. The predicted molar refractivity (Wildman–Crippen MR) is 62.9 cm³/mol. The summed E-state index contributed by atoms with van der Waals surface area (Å²) in [4.78, 5) is 0. The minimum absolute atomic E-state index is 0.324. The second kappa shape index (κ2) is 5.94. The summed E-state index contributed by atoms with van der Waals surface area (Å²) in [6.07, 6.45) is 2.10. The quantitative estimate of drug-likeness (QED) is 0.734. The highest BCUT2D eigenvalue weighted by molar-refractivity contribution is 7.98. The summed E-state index contributed by atoms with van der Waals surface area (Å²) in [5.41, 5.74) is 1.21. The zero-order valence-corrected chi connectivity index (χ0v) is 9.47. The van der Waals surface area contributed by atoms with E-state index in [4.69, 9.17) is 5.11 Å². The van der Waals surface area contributed by atoms with Crippen molar-refractivity contribution in [1.29, 1.82) is 0 Å². The van der Waals surface area contributed by atoms with Gasteiger partial charge in [0.1, 0.15) is 5.75 Å². The first-order chi connectivity index (χ1) is 6.74. The average Bonchev–Trinajstić information content (AvgIpc) is 2.19. The average molecular weight is 211 g/mol. The molecule has 0 saturated heterocycles. The Kier molecular flexibility index (Phi) is 4.84. The molecule has 2 N–H and O–H groups in total. The van der Waals surface area contributed by atoms with Gasteiger partial charge >= 0.3 is 0 Å². The lowest BCUT2D eigenvalue weighted by Gasteiger charge is -2.13. The van der Waals surface area contributed by atoms with Crippen LogP contribution in [0.2, 0.25) is 0 Å². The molecule has 0 saturated carbocycles. The molecule has 0 radical (unpaired) electrons. The van der Waals surface area contributed by atoms with Crippen molar-refractivity contribution >= 4 is 11.8 Å². The first-order valence-electron chi connectivity index (χ1n) is 4.75. The molecule has 1 atom stereocenters. The summed E-state index contributed by atoms with van der Waals surface area (Å²) >= 11 is 1.84. The summed E-state index contributed by atoms with van der Waals surface area (Å²) in [6.45, 7) is 3.15. The third kappa shape index (κ3) is 3.60. The zero-order chi connectivity index (χ0) is 10.4. The fourth-order valence-electron chi connectivity index (χ4n) is 1.26. The first kappa shape index (κ1) is 11.4. The topological polar surface area (TPSA) is 32.3 Å². The van der Waals surface area contributed by atoms with Crippen molar-refractivity contribution in [2.24, 2.45) is 0 Å². The van der Waals surface area contributed by atoms with Crippen LogP contribution in [0.1, 0.15) is 18.5 Å². The van der Waals surface area contributed by atoms with Crippen molar-refractivity contribution < 1.29 is 5.11 Å². The van der Waals surface area contributed by atoms with Crippen molar-refractivity contribution in [3.8, 4) is 5.75 Å². The molecule has 0 fully saturated rings. The standard InChI is InChI=1S/C11H17NOS/c1-9(12-7-8-14-2)10-3-5-11(13)6-4-10/h3-6,9,12-13H,7-8H2,1-2H3. The Bertz CT molecular complexity index is 260. The van der Waals surface area contributed by atoms with Gasteiger partial charge < -0.3 is 10.4 Å². The lowest BCUT2D eigenvalue weighted by atomic mass is 10.1. The molecule has 1 aromatic carbocycles. The molecule has 0 heterocycles. The fraction of sp³-hybridized carbons (Fsp3) is 0.455. The second-order valence-corrected chi connectivity index (χ2v) is 4.25. The lowest BCUT2D eigenvalue weighted by molar-refractivity contribution is 0.474. The van der Waals surface area contributed by atoms with Crippen LogP contribution < -0.4 is 5.32 Å². The molecular formula is C11H17NOS. The van der Waals surface area contributed by atoms with E-state index in [1.54, 1.807) is 12.1 Å². The van der Waals surface area contributed by atoms with Crippen molar-refractivity contribution in [2.45, 2.75) is 13.0 Å². The Balaban J connectivity index is 2.43. The summed E-state index contributed by atoms with van der Waals surface area (Å²) < 4.78 is 0.